The molecule has 1 aliphatic carbocycles. The van der Waals surface area contributed by atoms with E-state index in [4.69, 9.17) is 5.73 Å². The van der Waals surface area contributed by atoms with Gasteiger partial charge in [0.1, 0.15) is 0 Å². The maximum Gasteiger partial charge on any atom is 0.242 e. The first kappa shape index (κ1) is 17.7. The number of nitrogens with zero attached hydrogens (tertiary/aromatic N) is 3. The smallest absolute Gasteiger partial charge is 0.242 e. The molecule has 0 bridgehead atoms. The van der Waals surface area contributed by atoms with Crippen molar-refractivity contribution in [3.8, 4) is 0 Å². The molecular formula is C18H32N4O2. The first-order chi connectivity index (χ1) is 11.6. The van der Waals surface area contributed by atoms with Crippen molar-refractivity contribution in [3.05, 3.63) is 0 Å². The zero-order valence-electron chi connectivity index (χ0n) is 14.8. The summed E-state index contributed by atoms with van der Waals surface area (Å²) in [7, 11) is 0. The van der Waals surface area contributed by atoms with Crippen LogP contribution >= 0.6 is 0 Å². The molecule has 6 heteroatoms. The molecule has 0 spiro atoms. The molecular weight excluding hydrogens is 304 g/mol. The van der Waals surface area contributed by atoms with Crippen LogP contribution in [0.5, 0.6) is 0 Å². The molecule has 0 aromatic rings. The highest BCUT2D eigenvalue weighted by Gasteiger charge is 2.38. The number of hydrogen-bond donors (Lipinski definition) is 1. The molecule has 3 rings (SSSR count). The molecule has 2 heterocycles. The lowest BCUT2D eigenvalue weighted by atomic mass is 9.81. The van der Waals surface area contributed by atoms with Crippen LogP contribution in [0, 0.1) is 0 Å². The normalized spacial score (nSPS) is 25.5. The van der Waals surface area contributed by atoms with Gasteiger partial charge in [0.15, 0.2) is 0 Å². The number of carbonyl (C=O) groups excluding carboxylic acids is 2. The lowest BCUT2D eigenvalue weighted by Gasteiger charge is -2.36. The van der Waals surface area contributed by atoms with Gasteiger partial charge in [-0.2, -0.15) is 0 Å². The average molecular weight is 336 g/mol. The number of likely N-dealkylation sites (tertiary alicyclic amines) is 1. The summed E-state index contributed by atoms with van der Waals surface area (Å²) in [5.74, 6) is 0.379. The average Bonchev–Trinajstić information content (AvgIpc) is 3.03. The maximum absolute atomic E-state index is 12.9. The van der Waals surface area contributed by atoms with Crippen LogP contribution in [0.3, 0.4) is 0 Å². The third-order valence-electron chi connectivity index (χ3n) is 5.87. The van der Waals surface area contributed by atoms with E-state index >= 15 is 0 Å². The number of nitrogens with two attached hydrogens (primary N) is 1. The van der Waals surface area contributed by atoms with Gasteiger partial charge in [-0.1, -0.05) is 19.3 Å². The zero-order valence-corrected chi connectivity index (χ0v) is 14.8. The highest BCUT2D eigenvalue weighted by molar-refractivity contribution is 5.86. The summed E-state index contributed by atoms with van der Waals surface area (Å²) in [5.41, 5.74) is 5.78. The predicted molar refractivity (Wildman–Crippen MR) is 93.5 cm³/mol. The Morgan fingerprint density at radius 1 is 0.750 bits per heavy atom. The van der Waals surface area contributed by atoms with Crippen molar-refractivity contribution in [1.29, 1.82) is 0 Å². The van der Waals surface area contributed by atoms with E-state index in [0.29, 0.717) is 13.1 Å². The van der Waals surface area contributed by atoms with E-state index in [2.05, 4.69) is 4.90 Å². The summed E-state index contributed by atoms with van der Waals surface area (Å²) in [6.07, 6.45) is 8.14. The summed E-state index contributed by atoms with van der Waals surface area (Å²) in [4.78, 5) is 31.3. The largest absolute Gasteiger partial charge is 0.342 e. The van der Waals surface area contributed by atoms with E-state index in [-0.39, 0.29) is 11.8 Å². The molecule has 2 N–H and O–H groups in total. The Labute approximate surface area is 145 Å². The third-order valence-corrected chi connectivity index (χ3v) is 5.87. The first-order valence-electron chi connectivity index (χ1n) is 9.67. The second-order valence-corrected chi connectivity index (χ2v) is 7.73. The first-order valence-corrected chi connectivity index (χ1v) is 9.67. The van der Waals surface area contributed by atoms with E-state index in [0.717, 1.165) is 77.7 Å². The second kappa shape index (κ2) is 7.83. The van der Waals surface area contributed by atoms with Gasteiger partial charge in [0.25, 0.3) is 0 Å². The number of hydrogen-bond acceptors (Lipinski definition) is 4. The standard InChI is InChI=1S/C18H32N4O2/c19-18(7-2-1-3-8-18)17(24)22-12-6-9-20(13-14-22)15-16(23)21-10-4-5-11-21/h1-15,19H2. The minimum absolute atomic E-state index is 0.134. The van der Waals surface area contributed by atoms with Crippen LogP contribution in [0.2, 0.25) is 0 Å². The maximum atomic E-state index is 12.9. The van der Waals surface area contributed by atoms with Crippen molar-refractivity contribution in [2.24, 2.45) is 5.73 Å². The van der Waals surface area contributed by atoms with Crippen LogP contribution in [0.1, 0.15) is 51.4 Å². The van der Waals surface area contributed by atoms with Crippen LogP contribution in [0.4, 0.5) is 0 Å². The van der Waals surface area contributed by atoms with Crippen LogP contribution in [-0.4, -0.2) is 77.9 Å². The van der Waals surface area contributed by atoms with Gasteiger partial charge in [-0.05, 0) is 32.1 Å². The van der Waals surface area contributed by atoms with Gasteiger partial charge in [-0.15, -0.1) is 0 Å². The number of amides is 2. The molecule has 6 nitrogen and oxygen atoms in total. The van der Waals surface area contributed by atoms with Crippen molar-refractivity contribution >= 4 is 11.8 Å². The number of rotatable bonds is 3. The Kier molecular flexibility index (Phi) is 5.76. The zero-order chi connectivity index (χ0) is 17.0. The van der Waals surface area contributed by atoms with E-state index < -0.39 is 5.54 Å². The van der Waals surface area contributed by atoms with E-state index in [9.17, 15) is 9.59 Å². The molecule has 136 valence electrons. The predicted octanol–water partition coefficient (Wildman–Crippen LogP) is 0.805. The molecule has 0 aromatic heterocycles. The lowest BCUT2D eigenvalue weighted by molar-refractivity contribution is -0.138. The molecule has 24 heavy (non-hydrogen) atoms. The Morgan fingerprint density at radius 2 is 1.42 bits per heavy atom. The number of carbonyl (C=O) groups is 2. The van der Waals surface area contributed by atoms with Crippen molar-refractivity contribution in [2.75, 3.05) is 45.8 Å². The fraction of sp³-hybridized carbons (Fsp3) is 0.889. The Morgan fingerprint density at radius 3 is 2.12 bits per heavy atom. The fourth-order valence-corrected chi connectivity index (χ4v) is 4.30. The van der Waals surface area contributed by atoms with Gasteiger partial charge in [-0.25, -0.2) is 0 Å². The second-order valence-electron chi connectivity index (χ2n) is 7.73. The minimum atomic E-state index is -0.640. The molecule has 3 aliphatic rings. The topological polar surface area (TPSA) is 69.9 Å². The monoisotopic (exact) mass is 336 g/mol. The van der Waals surface area contributed by atoms with Crippen LogP contribution < -0.4 is 5.73 Å². The summed E-state index contributed by atoms with van der Waals surface area (Å²) >= 11 is 0. The molecule has 3 fully saturated rings. The molecule has 0 atom stereocenters. The molecule has 2 saturated heterocycles. The summed E-state index contributed by atoms with van der Waals surface area (Å²) in [6.45, 7) is 5.45. The Balaban J connectivity index is 1.51. The van der Waals surface area contributed by atoms with Crippen molar-refractivity contribution in [3.63, 3.8) is 0 Å². The van der Waals surface area contributed by atoms with E-state index in [1.165, 1.54) is 6.42 Å². The van der Waals surface area contributed by atoms with Gasteiger partial charge in [0, 0.05) is 39.3 Å². The minimum Gasteiger partial charge on any atom is -0.342 e. The van der Waals surface area contributed by atoms with Gasteiger partial charge in [-0.3, -0.25) is 14.5 Å². The molecule has 2 amide bonds. The quantitative estimate of drug-likeness (QED) is 0.828. The van der Waals surface area contributed by atoms with Gasteiger partial charge in [0.2, 0.25) is 11.8 Å². The van der Waals surface area contributed by atoms with Crippen molar-refractivity contribution < 1.29 is 9.59 Å². The van der Waals surface area contributed by atoms with Crippen molar-refractivity contribution in [2.45, 2.75) is 56.9 Å². The highest BCUT2D eigenvalue weighted by atomic mass is 16.2. The molecule has 0 unspecified atom stereocenters. The van der Waals surface area contributed by atoms with E-state index in [1.807, 2.05) is 9.80 Å². The van der Waals surface area contributed by atoms with Gasteiger partial charge in [0.05, 0.1) is 12.1 Å². The molecule has 0 radical (unpaired) electrons. The van der Waals surface area contributed by atoms with Crippen LogP contribution in [-0.2, 0) is 9.59 Å². The summed E-state index contributed by atoms with van der Waals surface area (Å²) in [5, 5.41) is 0. The van der Waals surface area contributed by atoms with E-state index in [1.54, 1.807) is 0 Å². The summed E-state index contributed by atoms with van der Waals surface area (Å²) in [6, 6.07) is 0. The van der Waals surface area contributed by atoms with Crippen LogP contribution in [0.15, 0.2) is 0 Å². The highest BCUT2D eigenvalue weighted by Crippen LogP contribution is 2.28. The SMILES string of the molecule is NC1(C(=O)N2CCCN(CC(=O)N3CCCC3)CC2)CCCCC1. The third kappa shape index (κ3) is 4.09. The summed E-state index contributed by atoms with van der Waals surface area (Å²) < 4.78 is 0. The van der Waals surface area contributed by atoms with Crippen LogP contribution in [0.25, 0.3) is 0 Å². The van der Waals surface area contributed by atoms with Gasteiger partial charge >= 0.3 is 0 Å². The molecule has 1 saturated carbocycles. The van der Waals surface area contributed by atoms with Gasteiger partial charge < -0.3 is 15.5 Å². The van der Waals surface area contributed by atoms with Crippen molar-refractivity contribution in [1.82, 2.24) is 14.7 Å². The Hall–Kier alpha value is -1.14. The Bertz CT molecular complexity index is 456. The fourth-order valence-electron chi connectivity index (χ4n) is 4.30. The lowest BCUT2D eigenvalue weighted by Crippen LogP contribution is -2.56. The molecule has 0 aromatic carbocycles. The molecule has 2 aliphatic heterocycles.